The van der Waals surface area contributed by atoms with Crippen molar-refractivity contribution >= 4 is 11.6 Å². The van der Waals surface area contributed by atoms with E-state index < -0.39 is 11.6 Å². The predicted octanol–water partition coefficient (Wildman–Crippen LogP) is -0.228. The number of aliphatic hydroxyl groups excluding tert-OH is 1. The fourth-order valence-electron chi connectivity index (χ4n) is 1.71. The third-order valence-corrected chi connectivity index (χ3v) is 3.29. The minimum absolute atomic E-state index is 0.184. The van der Waals surface area contributed by atoms with Crippen LogP contribution in [0.5, 0.6) is 0 Å². The summed E-state index contributed by atoms with van der Waals surface area (Å²) in [7, 11) is 0. The average molecular weight is 278 g/mol. The smallest absolute Gasteiger partial charge is 0.350 e. The zero-order chi connectivity index (χ0) is 14.9. The first-order valence-corrected chi connectivity index (χ1v) is 6.34. The van der Waals surface area contributed by atoms with Crippen molar-refractivity contribution in [3.8, 4) is 0 Å². The van der Waals surface area contributed by atoms with Crippen molar-refractivity contribution in [2.45, 2.75) is 39.0 Å². The van der Waals surface area contributed by atoms with E-state index >= 15 is 0 Å². The van der Waals surface area contributed by atoms with Crippen LogP contribution in [-0.4, -0.2) is 36.8 Å². The van der Waals surface area contributed by atoms with Crippen LogP contribution in [0.2, 0.25) is 0 Å². The van der Waals surface area contributed by atoms with Gasteiger partial charge in [0.1, 0.15) is 6.54 Å². The highest BCUT2D eigenvalue weighted by molar-refractivity contribution is 5.76. The fraction of sp³-hybridized carbons (Fsp3) is 0.462. The van der Waals surface area contributed by atoms with Crippen LogP contribution >= 0.6 is 0 Å². The molecule has 1 amide bonds. The van der Waals surface area contributed by atoms with Crippen molar-refractivity contribution in [2.24, 2.45) is 0 Å². The molecule has 0 aliphatic carbocycles. The van der Waals surface area contributed by atoms with Crippen molar-refractivity contribution in [1.29, 1.82) is 0 Å². The van der Waals surface area contributed by atoms with Gasteiger partial charge in [-0.1, -0.05) is 6.07 Å². The summed E-state index contributed by atoms with van der Waals surface area (Å²) in [5.74, 6) is -0.374. The molecule has 2 N–H and O–H groups in total. The van der Waals surface area contributed by atoms with E-state index in [-0.39, 0.29) is 18.1 Å². The molecule has 0 saturated heterocycles. The molecule has 2 aromatic heterocycles. The Morgan fingerprint density at radius 2 is 2.20 bits per heavy atom. The van der Waals surface area contributed by atoms with Crippen molar-refractivity contribution in [3.63, 3.8) is 0 Å². The maximum Gasteiger partial charge on any atom is 0.350 e. The van der Waals surface area contributed by atoms with Gasteiger partial charge >= 0.3 is 5.69 Å². The number of carbonyl (C=O) groups is 1. The molecule has 0 aliphatic heterocycles. The summed E-state index contributed by atoms with van der Waals surface area (Å²) in [4.78, 5) is 23.9. The Balaban J connectivity index is 2.19. The number of hydrogen-bond acceptors (Lipinski definition) is 4. The number of hydrogen-bond donors (Lipinski definition) is 2. The Kier molecular flexibility index (Phi) is 3.63. The summed E-state index contributed by atoms with van der Waals surface area (Å²) in [5.41, 5.74) is -0.648. The quantitative estimate of drug-likeness (QED) is 0.808. The molecule has 0 saturated carbocycles. The molecule has 2 aromatic rings. The minimum Gasteiger partial charge on any atom is -0.391 e. The lowest BCUT2D eigenvalue weighted by Gasteiger charge is -2.29. The van der Waals surface area contributed by atoms with Gasteiger partial charge in [-0.2, -0.15) is 0 Å². The largest absolute Gasteiger partial charge is 0.391 e. The Bertz CT molecular complexity index is 684. The zero-order valence-electron chi connectivity index (χ0n) is 11.7. The normalized spacial score (nSPS) is 13.4. The highest BCUT2D eigenvalue weighted by Crippen LogP contribution is 2.08. The predicted molar refractivity (Wildman–Crippen MR) is 73.4 cm³/mol. The molecular formula is C13H18N4O3. The summed E-state index contributed by atoms with van der Waals surface area (Å²) in [6.45, 7) is 4.83. The van der Waals surface area contributed by atoms with Crippen LogP contribution in [0, 0.1) is 0 Å². The maximum absolute atomic E-state index is 12.0. The zero-order valence-corrected chi connectivity index (χ0v) is 11.7. The SMILES string of the molecule is CC(O)C(C)(C)NC(=O)Cn1nc2ccccn2c1=O. The van der Waals surface area contributed by atoms with Crippen molar-refractivity contribution < 1.29 is 9.90 Å². The molecule has 2 rings (SSSR count). The molecule has 0 fully saturated rings. The van der Waals surface area contributed by atoms with Crippen LogP contribution in [0.1, 0.15) is 20.8 Å². The van der Waals surface area contributed by atoms with Gasteiger partial charge < -0.3 is 10.4 Å². The molecule has 1 atom stereocenters. The van der Waals surface area contributed by atoms with Gasteiger partial charge in [0, 0.05) is 6.20 Å². The molecular weight excluding hydrogens is 260 g/mol. The Morgan fingerprint density at radius 1 is 1.50 bits per heavy atom. The molecule has 0 radical (unpaired) electrons. The van der Waals surface area contributed by atoms with Gasteiger partial charge in [-0.25, -0.2) is 9.48 Å². The Labute approximate surface area is 115 Å². The number of rotatable bonds is 4. The van der Waals surface area contributed by atoms with E-state index in [1.54, 1.807) is 45.2 Å². The first-order valence-electron chi connectivity index (χ1n) is 6.34. The molecule has 0 aliphatic rings. The van der Waals surface area contributed by atoms with Gasteiger partial charge in [-0.05, 0) is 32.9 Å². The molecule has 7 heteroatoms. The van der Waals surface area contributed by atoms with Crippen LogP contribution in [0.3, 0.4) is 0 Å². The van der Waals surface area contributed by atoms with Crippen molar-refractivity contribution in [3.05, 3.63) is 34.9 Å². The Morgan fingerprint density at radius 3 is 2.80 bits per heavy atom. The second kappa shape index (κ2) is 5.09. The van der Waals surface area contributed by atoms with Crippen LogP contribution < -0.4 is 11.0 Å². The monoisotopic (exact) mass is 278 g/mol. The lowest BCUT2D eigenvalue weighted by Crippen LogP contribution is -2.52. The minimum atomic E-state index is -0.764. The third kappa shape index (κ3) is 2.72. The number of aromatic nitrogens is 3. The van der Waals surface area contributed by atoms with Gasteiger partial charge in [0.25, 0.3) is 0 Å². The van der Waals surface area contributed by atoms with E-state index in [9.17, 15) is 14.7 Å². The second-order valence-electron chi connectivity index (χ2n) is 5.31. The van der Waals surface area contributed by atoms with Gasteiger partial charge in [-0.3, -0.25) is 9.20 Å². The lowest BCUT2D eigenvalue weighted by molar-refractivity contribution is -0.124. The van der Waals surface area contributed by atoms with Crippen molar-refractivity contribution in [1.82, 2.24) is 19.5 Å². The van der Waals surface area contributed by atoms with Gasteiger partial charge in [0.05, 0.1) is 11.6 Å². The third-order valence-electron chi connectivity index (χ3n) is 3.29. The number of fused-ring (bicyclic) bond motifs is 1. The highest BCUT2D eigenvalue weighted by atomic mass is 16.3. The number of amides is 1. The second-order valence-corrected chi connectivity index (χ2v) is 5.31. The molecule has 0 aromatic carbocycles. The van der Waals surface area contributed by atoms with Crippen LogP contribution in [0.25, 0.3) is 5.65 Å². The van der Waals surface area contributed by atoms with Crippen molar-refractivity contribution in [2.75, 3.05) is 0 Å². The van der Waals surface area contributed by atoms with Gasteiger partial charge in [-0.15, -0.1) is 5.10 Å². The molecule has 0 spiro atoms. The fourth-order valence-corrected chi connectivity index (χ4v) is 1.71. The molecule has 108 valence electrons. The Hall–Kier alpha value is -2.15. The molecule has 20 heavy (non-hydrogen) atoms. The van der Waals surface area contributed by atoms with Crippen LogP contribution in [0.4, 0.5) is 0 Å². The van der Waals surface area contributed by atoms with E-state index in [0.29, 0.717) is 5.65 Å². The van der Waals surface area contributed by atoms with E-state index in [1.165, 1.54) is 4.40 Å². The summed E-state index contributed by atoms with van der Waals surface area (Å²) in [5, 5.41) is 16.3. The number of aliphatic hydroxyl groups is 1. The molecule has 7 nitrogen and oxygen atoms in total. The highest BCUT2D eigenvalue weighted by Gasteiger charge is 2.26. The first-order chi connectivity index (χ1) is 9.31. The molecule has 0 bridgehead atoms. The van der Waals surface area contributed by atoms with E-state index in [2.05, 4.69) is 10.4 Å². The van der Waals surface area contributed by atoms with E-state index in [0.717, 1.165) is 4.68 Å². The maximum atomic E-state index is 12.0. The number of nitrogens with zero attached hydrogens (tertiary/aromatic N) is 3. The molecule has 1 unspecified atom stereocenters. The summed E-state index contributed by atoms with van der Waals surface area (Å²) < 4.78 is 2.47. The first kappa shape index (κ1) is 14.3. The summed E-state index contributed by atoms with van der Waals surface area (Å²) in [6, 6.07) is 5.18. The van der Waals surface area contributed by atoms with Crippen LogP contribution in [0.15, 0.2) is 29.2 Å². The average Bonchev–Trinajstić information content (AvgIpc) is 2.66. The lowest BCUT2D eigenvalue weighted by atomic mass is 9.99. The van der Waals surface area contributed by atoms with Crippen LogP contribution in [-0.2, 0) is 11.3 Å². The van der Waals surface area contributed by atoms with Gasteiger partial charge in [0.2, 0.25) is 5.91 Å². The van der Waals surface area contributed by atoms with E-state index in [1.807, 2.05) is 0 Å². The summed E-state index contributed by atoms with van der Waals surface area (Å²) >= 11 is 0. The topological polar surface area (TPSA) is 88.6 Å². The molecule has 2 heterocycles. The van der Waals surface area contributed by atoms with Gasteiger partial charge in [0.15, 0.2) is 5.65 Å². The summed E-state index contributed by atoms with van der Waals surface area (Å²) in [6.07, 6.45) is 0.892. The number of nitrogens with one attached hydrogen (secondary N) is 1. The van der Waals surface area contributed by atoms with E-state index in [4.69, 9.17) is 0 Å². The number of pyridine rings is 1. The standard InChI is InChI=1S/C13H18N4O3/c1-9(18)13(2,3)14-11(19)8-17-12(20)16-7-5-4-6-10(16)15-17/h4-7,9,18H,8H2,1-3H3,(H,14,19). The number of carbonyl (C=O) groups excluding carboxylic acids is 1.